The van der Waals surface area contributed by atoms with Crippen LogP contribution in [0.2, 0.25) is 0 Å². The molecule has 2 atom stereocenters. The molecule has 1 amide bonds. The fourth-order valence-corrected chi connectivity index (χ4v) is 5.24. The average Bonchev–Trinajstić information content (AvgIpc) is 3.18. The van der Waals surface area contributed by atoms with E-state index < -0.39 is 5.54 Å². The van der Waals surface area contributed by atoms with Crippen LogP contribution in [0.15, 0.2) is 40.7 Å². The van der Waals surface area contributed by atoms with Gasteiger partial charge in [-0.2, -0.15) is 0 Å². The van der Waals surface area contributed by atoms with Gasteiger partial charge in [0.2, 0.25) is 5.91 Å². The van der Waals surface area contributed by atoms with Crippen molar-refractivity contribution in [1.82, 2.24) is 4.90 Å². The maximum Gasteiger partial charge on any atom is 0.239 e. The first-order chi connectivity index (χ1) is 11.9. The lowest BCUT2D eigenvalue weighted by atomic mass is 9.76. The van der Waals surface area contributed by atoms with Gasteiger partial charge in [-0.3, -0.25) is 9.69 Å². The van der Waals surface area contributed by atoms with Gasteiger partial charge in [0.05, 0.1) is 5.92 Å². The van der Waals surface area contributed by atoms with Gasteiger partial charge in [-0.05, 0) is 46.9 Å². The van der Waals surface area contributed by atoms with Crippen LogP contribution in [0.5, 0.6) is 0 Å². The summed E-state index contributed by atoms with van der Waals surface area (Å²) < 4.78 is 0. The van der Waals surface area contributed by atoms with Crippen LogP contribution >= 0.6 is 11.3 Å². The number of aryl methyl sites for hydroxylation is 1. The molecule has 0 saturated carbocycles. The van der Waals surface area contributed by atoms with Crippen molar-refractivity contribution < 1.29 is 4.79 Å². The predicted molar refractivity (Wildman–Crippen MR) is 102 cm³/mol. The molecule has 0 fully saturated rings. The molecule has 1 aliphatic carbocycles. The molecule has 0 unspecified atom stereocenters. The maximum atomic E-state index is 13.2. The number of thiophene rings is 1. The van der Waals surface area contributed by atoms with E-state index in [-0.39, 0.29) is 11.8 Å². The van der Waals surface area contributed by atoms with Crippen molar-refractivity contribution >= 4 is 23.2 Å². The molecule has 2 heterocycles. The average molecular weight is 353 g/mol. The van der Waals surface area contributed by atoms with E-state index >= 15 is 0 Å². The number of guanidine groups is 1. The highest BCUT2D eigenvalue weighted by Gasteiger charge is 2.53. The molecule has 130 valence electrons. The van der Waals surface area contributed by atoms with Crippen molar-refractivity contribution in [2.45, 2.75) is 44.1 Å². The van der Waals surface area contributed by atoms with Crippen molar-refractivity contribution in [3.8, 4) is 0 Å². The second-order valence-corrected chi connectivity index (χ2v) is 8.24. The number of fused-ring (bicyclic) bond motifs is 2. The number of hydrogen-bond acceptors (Lipinski definition) is 4. The molecule has 2 aliphatic rings. The highest BCUT2D eigenvalue weighted by molar-refractivity contribution is 7.10. The van der Waals surface area contributed by atoms with Crippen molar-refractivity contribution in [2.24, 2.45) is 10.7 Å². The van der Waals surface area contributed by atoms with Crippen molar-refractivity contribution in [1.29, 1.82) is 0 Å². The summed E-state index contributed by atoms with van der Waals surface area (Å²) in [5.74, 6) is 0.509. The Bertz CT molecular complexity index is 852. The Kier molecular flexibility index (Phi) is 3.72. The molecule has 1 aromatic heterocycles. The van der Waals surface area contributed by atoms with Gasteiger partial charge in [0.1, 0.15) is 5.54 Å². The first-order valence-electron chi connectivity index (χ1n) is 8.73. The number of hydrogen-bond donors (Lipinski definition) is 1. The number of rotatable bonds is 2. The number of carbonyl (C=O) groups is 1. The molecule has 0 bridgehead atoms. The molecule has 5 heteroatoms. The number of likely N-dealkylation sites (N-methyl/N-ethyl adjacent to an activating group) is 1. The van der Waals surface area contributed by atoms with Crippen LogP contribution < -0.4 is 5.73 Å². The summed E-state index contributed by atoms with van der Waals surface area (Å²) in [5.41, 5.74) is 9.18. The lowest BCUT2D eigenvalue weighted by molar-refractivity contribution is -0.130. The molecule has 4 nitrogen and oxygen atoms in total. The molecule has 1 spiro atoms. The van der Waals surface area contributed by atoms with E-state index in [0.717, 1.165) is 18.4 Å². The predicted octanol–water partition coefficient (Wildman–Crippen LogP) is 3.58. The fraction of sp³-hybridized carbons (Fsp3) is 0.400. The van der Waals surface area contributed by atoms with Crippen LogP contribution in [0.1, 0.15) is 53.7 Å². The highest BCUT2D eigenvalue weighted by Crippen LogP contribution is 2.53. The number of aliphatic imine (C=N–C) groups is 1. The third kappa shape index (κ3) is 2.33. The van der Waals surface area contributed by atoms with E-state index in [1.54, 1.807) is 18.4 Å². The number of amides is 1. The summed E-state index contributed by atoms with van der Waals surface area (Å²) in [4.78, 5) is 20.8. The summed E-state index contributed by atoms with van der Waals surface area (Å²) in [7, 11) is 1.72. The minimum absolute atomic E-state index is 0.0334. The van der Waals surface area contributed by atoms with Gasteiger partial charge < -0.3 is 5.73 Å². The van der Waals surface area contributed by atoms with E-state index in [1.807, 2.05) is 0 Å². The minimum Gasteiger partial charge on any atom is -0.369 e. The third-order valence-corrected chi connectivity index (χ3v) is 6.69. The van der Waals surface area contributed by atoms with E-state index in [4.69, 9.17) is 10.7 Å². The second kappa shape index (κ2) is 5.70. The highest BCUT2D eigenvalue weighted by atomic mass is 32.1. The SMILES string of the molecule is CC(C)c1ccc([C@H]2C(=O)N(C)C(N)=N[C@@]23CCc2ccsc23)cc1. The van der Waals surface area contributed by atoms with Gasteiger partial charge in [-0.15, -0.1) is 11.3 Å². The monoisotopic (exact) mass is 353 g/mol. The number of nitrogens with zero attached hydrogens (tertiary/aromatic N) is 2. The van der Waals surface area contributed by atoms with Crippen molar-refractivity contribution in [3.63, 3.8) is 0 Å². The van der Waals surface area contributed by atoms with Crippen LogP contribution in [0.4, 0.5) is 0 Å². The van der Waals surface area contributed by atoms with Crippen LogP contribution in [0.25, 0.3) is 0 Å². The van der Waals surface area contributed by atoms with Gasteiger partial charge in [-0.1, -0.05) is 38.1 Å². The Hall–Kier alpha value is -2.14. The first kappa shape index (κ1) is 16.3. The molecular formula is C20H23N3OS. The summed E-state index contributed by atoms with van der Waals surface area (Å²) in [5, 5.41) is 2.10. The van der Waals surface area contributed by atoms with E-state index in [2.05, 4.69) is 49.6 Å². The third-order valence-electron chi connectivity index (χ3n) is 5.56. The zero-order valence-corrected chi connectivity index (χ0v) is 15.6. The van der Waals surface area contributed by atoms with Crippen molar-refractivity contribution in [2.75, 3.05) is 7.05 Å². The van der Waals surface area contributed by atoms with Crippen LogP contribution in [-0.4, -0.2) is 23.8 Å². The lowest BCUT2D eigenvalue weighted by Gasteiger charge is -2.40. The molecule has 25 heavy (non-hydrogen) atoms. The van der Waals surface area contributed by atoms with E-state index in [9.17, 15) is 4.79 Å². The molecule has 0 radical (unpaired) electrons. The summed E-state index contributed by atoms with van der Waals surface area (Å²) in [6.45, 7) is 4.35. The van der Waals surface area contributed by atoms with Gasteiger partial charge in [-0.25, -0.2) is 4.99 Å². The van der Waals surface area contributed by atoms with E-state index in [0.29, 0.717) is 11.9 Å². The smallest absolute Gasteiger partial charge is 0.239 e. The zero-order chi connectivity index (χ0) is 17.8. The Morgan fingerprint density at radius 3 is 2.68 bits per heavy atom. The Labute approximate surface area is 152 Å². The number of nitrogens with two attached hydrogens (primary N) is 1. The largest absolute Gasteiger partial charge is 0.369 e. The van der Waals surface area contributed by atoms with Crippen LogP contribution in [0.3, 0.4) is 0 Å². The Morgan fingerprint density at radius 1 is 1.28 bits per heavy atom. The Morgan fingerprint density at radius 2 is 2.00 bits per heavy atom. The fourth-order valence-electron chi connectivity index (χ4n) is 4.08. The minimum atomic E-state index is -0.545. The molecule has 2 N–H and O–H groups in total. The second-order valence-electron chi connectivity index (χ2n) is 7.32. The summed E-state index contributed by atoms with van der Waals surface area (Å²) in [6, 6.07) is 10.6. The summed E-state index contributed by atoms with van der Waals surface area (Å²) in [6.07, 6.45) is 1.79. The standard InChI is InChI=1S/C20H23N3OS/c1-12(2)13-4-6-14(7-5-13)16-18(24)23(3)19(21)22-20(16)10-8-15-9-11-25-17(15)20/h4-7,9,11-12,16H,8,10H2,1-3H3,(H2,21,22)/t16-,20-/m0/s1. The first-order valence-corrected chi connectivity index (χ1v) is 9.61. The van der Waals surface area contributed by atoms with Crippen LogP contribution in [-0.2, 0) is 16.8 Å². The van der Waals surface area contributed by atoms with Gasteiger partial charge >= 0.3 is 0 Å². The lowest BCUT2D eigenvalue weighted by Crippen LogP contribution is -2.52. The zero-order valence-electron chi connectivity index (χ0n) is 14.8. The van der Waals surface area contributed by atoms with Gasteiger partial charge in [0.15, 0.2) is 5.96 Å². The Balaban J connectivity index is 1.88. The molecule has 1 aliphatic heterocycles. The topological polar surface area (TPSA) is 58.7 Å². The van der Waals surface area contributed by atoms with E-state index in [1.165, 1.54) is 20.9 Å². The van der Waals surface area contributed by atoms with Crippen molar-refractivity contribution in [3.05, 3.63) is 57.3 Å². The quantitative estimate of drug-likeness (QED) is 0.897. The van der Waals surface area contributed by atoms with Gasteiger partial charge in [0.25, 0.3) is 0 Å². The van der Waals surface area contributed by atoms with Crippen LogP contribution in [0, 0.1) is 0 Å². The number of carbonyl (C=O) groups excluding carboxylic acids is 1. The number of benzene rings is 1. The van der Waals surface area contributed by atoms with Gasteiger partial charge in [0, 0.05) is 11.9 Å². The summed E-state index contributed by atoms with van der Waals surface area (Å²) >= 11 is 1.70. The molecule has 0 saturated heterocycles. The molecular weight excluding hydrogens is 330 g/mol. The molecule has 2 aromatic rings. The molecule has 4 rings (SSSR count). The maximum absolute atomic E-state index is 13.2. The molecule has 1 aromatic carbocycles. The normalized spacial score (nSPS) is 25.6.